The highest BCUT2D eigenvalue weighted by atomic mass is 32.2. The van der Waals surface area contributed by atoms with Crippen LogP contribution in [0.1, 0.15) is 42.4 Å². The standard InChI is InChI=1S/C21H22FN3O2S/c1-13(21-24-17-5-2-3-6-18(17)25-21)28-12-20(26)23-16-7-4-10-27-19-9-8-14(22)11-15(16)19/h2-3,5-6,8-9,11,13,16H,4,7,10,12H2,1H3,(H,23,26)(H,24,25). The average molecular weight is 399 g/mol. The molecule has 28 heavy (non-hydrogen) atoms. The Morgan fingerprint density at radius 3 is 3.11 bits per heavy atom. The molecule has 2 N–H and O–H groups in total. The first-order chi connectivity index (χ1) is 13.6. The summed E-state index contributed by atoms with van der Waals surface area (Å²) >= 11 is 1.52. The van der Waals surface area contributed by atoms with Gasteiger partial charge in [-0.15, -0.1) is 11.8 Å². The highest BCUT2D eigenvalue weighted by Crippen LogP contribution is 2.33. The molecule has 2 atom stereocenters. The number of halogens is 1. The Morgan fingerprint density at radius 1 is 1.39 bits per heavy atom. The number of nitrogens with zero attached hydrogens (tertiary/aromatic N) is 1. The summed E-state index contributed by atoms with van der Waals surface area (Å²) in [5, 5.41) is 3.09. The number of H-pyrrole nitrogens is 1. The molecule has 0 radical (unpaired) electrons. The van der Waals surface area contributed by atoms with Gasteiger partial charge in [-0.05, 0) is 50.1 Å². The molecule has 1 aliphatic rings. The number of carbonyl (C=O) groups is 1. The molecule has 0 saturated carbocycles. The number of amides is 1. The van der Waals surface area contributed by atoms with E-state index in [1.165, 1.54) is 23.9 Å². The second kappa shape index (κ2) is 8.22. The summed E-state index contributed by atoms with van der Waals surface area (Å²) in [4.78, 5) is 20.4. The van der Waals surface area contributed by atoms with Gasteiger partial charge in [0.25, 0.3) is 0 Å². The number of aromatic nitrogens is 2. The van der Waals surface area contributed by atoms with Gasteiger partial charge in [0.2, 0.25) is 5.91 Å². The van der Waals surface area contributed by atoms with Crippen LogP contribution in [0.4, 0.5) is 4.39 Å². The van der Waals surface area contributed by atoms with Gasteiger partial charge in [-0.2, -0.15) is 0 Å². The highest BCUT2D eigenvalue weighted by molar-refractivity contribution is 8.00. The zero-order chi connectivity index (χ0) is 19.5. The van der Waals surface area contributed by atoms with Crippen LogP contribution in [0.3, 0.4) is 0 Å². The van der Waals surface area contributed by atoms with Crippen LogP contribution in [0.2, 0.25) is 0 Å². The molecule has 4 rings (SSSR count). The molecule has 1 amide bonds. The van der Waals surface area contributed by atoms with E-state index < -0.39 is 0 Å². The molecule has 0 spiro atoms. The van der Waals surface area contributed by atoms with Crippen molar-refractivity contribution in [3.05, 3.63) is 59.7 Å². The summed E-state index contributed by atoms with van der Waals surface area (Å²) in [5.41, 5.74) is 2.62. The smallest absolute Gasteiger partial charge is 0.230 e. The van der Waals surface area contributed by atoms with Crippen molar-refractivity contribution < 1.29 is 13.9 Å². The summed E-state index contributed by atoms with van der Waals surface area (Å²) in [6.45, 7) is 2.60. The second-order valence-electron chi connectivity index (χ2n) is 6.89. The number of carbonyl (C=O) groups excluding carboxylic acids is 1. The molecule has 0 saturated heterocycles. The van der Waals surface area contributed by atoms with Gasteiger partial charge in [-0.25, -0.2) is 9.37 Å². The predicted molar refractivity (Wildman–Crippen MR) is 109 cm³/mol. The summed E-state index contributed by atoms with van der Waals surface area (Å²) < 4.78 is 19.3. The first kappa shape index (κ1) is 18.8. The third-order valence-corrected chi connectivity index (χ3v) is 5.99. The monoisotopic (exact) mass is 399 g/mol. The lowest BCUT2D eigenvalue weighted by atomic mass is 10.0. The molecule has 0 aliphatic carbocycles. The quantitative estimate of drug-likeness (QED) is 0.662. The Labute approximate surface area is 167 Å². The van der Waals surface area contributed by atoms with Crippen LogP contribution < -0.4 is 10.1 Å². The van der Waals surface area contributed by atoms with Crippen LogP contribution in [0.25, 0.3) is 11.0 Å². The first-order valence-corrected chi connectivity index (χ1v) is 10.4. The van der Waals surface area contributed by atoms with Gasteiger partial charge in [0.15, 0.2) is 0 Å². The van der Waals surface area contributed by atoms with Gasteiger partial charge in [-0.3, -0.25) is 4.79 Å². The fraction of sp³-hybridized carbons (Fsp3) is 0.333. The SMILES string of the molecule is CC(SCC(=O)NC1CCCOc2ccc(F)cc21)c1nc2ccccc2[nH]1. The van der Waals surface area contributed by atoms with E-state index in [9.17, 15) is 9.18 Å². The van der Waals surface area contributed by atoms with Crippen molar-refractivity contribution >= 4 is 28.7 Å². The van der Waals surface area contributed by atoms with Gasteiger partial charge in [0.05, 0.1) is 34.7 Å². The minimum atomic E-state index is -0.323. The molecule has 3 aromatic rings. The van der Waals surface area contributed by atoms with Crippen LogP contribution in [-0.2, 0) is 4.79 Å². The maximum absolute atomic E-state index is 13.7. The van der Waals surface area contributed by atoms with Crippen molar-refractivity contribution in [2.75, 3.05) is 12.4 Å². The topological polar surface area (TPSA) is 67.0 Å². The number of aromatic amines is 1. The second-order valence-corrected chi connectivity index (χ2v) is 8.21. The van der Waals surface area contributed by atoms with Gasteiger partial charge in [-0.1, -0.05) is 12.1 Å². The van der Waals surface area contributed by atoms with E-state index >= 15 is 0 Å². The zero-order valence-electron chi connectivity index (χ0n) is 15.6. The minimum Gasteiger partial charge on any atom is -0.493 e. The van der Waals surface area contributed by atoms with Crippen molar-refractivity contribution in [3.8, 4) is 5.75 Å². The van der Waals surface area contributed by atoms with E-state index in [1.807, 2.05) is 31.2 Å². The number of nitrogens with one attached hydrogen (secondary N) is 2. The molecule has 0 fully saturated rings. The Morgan fingerprint density at radius 2 is 2.25 bits per heavy atom. The lowest BCUT2D eigenvalue weighted by Gasteiger charge is -2.19. The van der Waals surface area contributed by atoms with Crippen molar-refractivity contribution in [1.29, 1.82) is 0 Å². The van der Waals surface area contributed by atoms with E-state index in [4.69, 9.17) is 4.74 Å². The van der Waals surface area contributed by atoms with E-state index in [2.05, 4.69) is 15.3 Å². The molecule has 2 heterocycles. The van der Waals surface area contributed by atoms with Gasteiger partial charge in [0, 0.05) is 5.56 Å². The number of para-hydroxylation sites is 2. The number of rotatable bonds is 5. The number of imidazole rings is 1. The van der Waals surface area contributed by atoms with Crippen LogP contribution in [0.5, 0.6) is 5.75 Å². The lowest BCUT2D eigenvalue weighted by Crippen LogP contribution is -2.30. The fourth-order valence-electron chi connectivity index (χ4n) is 3.38. The van der Waals surface area contributed by atoms with E-state index in [0.29, 0.717) is 23.7 Å². The van der Waals surface area contributed by atoms with Crippen molar-refractivity contribution in [2.24, 2.45) is 0 Å². The molecular weight excluding hydrogens is 377 g/mol. The Hall–Kier alpha value is -2.54. The number of benzene rings is 2. The Kier molecular flexibility index (Phi) is 5.52. The Balaban J connectivity index is 1.38. The number of hydrogen-bond donors (Lipinski definition) is 2. The maximum Gasteiger partial charge on any atom is 0.230 e. The third kappa shape index (κ3) is 4.14. The van der Waals surface area contributed by atoms with Crippen molar-refractivity contribution in [2.45, 2.75) is 31.1 Å². The van der Waals surface area contributed by atoms with Crippen LogP contribution in [0.15, 0.2) is 42.5 Å². The molecule has 0 bridgehead atoms. The molecule has 1 aliphatic heterocycles. The van der Waals surface area contributed by atoms with Gasteiger partial charge in [0.1, 0.15) is 17.4 Å². The minimum absolute atomic E-state index is 0.0559. The molecule has 1 aromatic heterocycles. The predicted octanol–water partition coefficient (Wildman–Crippen LogP) is 4.53. The van der Waals surface area contributed by atoms with Crippen LogP contribution in [-0.4, -0.2) is 28.2 Å². The average Bonchev–Trinajstić information content (AvgIpc) is 3.04. The summed E-state index contributed by atoms with van der Waals surface area (Å²) in [7, 11) is 0. The van der Waals surface area contributed by atoms with E-state index in [0.717, 1.165) is 29.7 Å². The molecular formula is C21H22FN3O2S. The first-order valence-electron chi connectivity index (χ1n) is 9.38. The fourth-order valence-corrected chi connectivity index (χ4v) is 4.13. The Bertz CT molecular complexity index is 958. The number of thioether (sulfide) groups is 1. The molecule has 2 unspecified atom stereocenters. The zero-order valence-corrected chi connectivity index (χ0v) is 16.4. The highest BCUT2D eigenvalue weighted by Gasteiger charge is 2.23. The number of ether oxygens (including phenoxy) is 1. The van der Waals surface area contributed by atoms with Gasteiger partial charge < -0.3 is 15.0 Å². The van der Waals surface area contributed by atoms with Gasteiger partial charge >= 0.3 is 0 Å². The molecule has 146 valence electrons. The van der Waals surface area contributed by atoms with E-state index in [1.54, 1.807) is 6.07 Å². The molecule has 7 heteroatoms. The van der Waals surface area contributed by atoms with Crippen molar-refractivity contribution in [1.82, 2.24) is 15.3 Å². The summed E-state index contributed by atoms with van der Waals surface area (Å²) in [6, 6.07) is 12.1. The van der Waals surface area contributed by atoms with Crippen LogP contribution >= 0.6 is 11.8 Å². The van der Waals surface area contributed by atoms with Crippen molar-refractivity contribution in [3.63, 3.8) is 0 Å². The third-order valence-electron chi connectivity index (χ3n) is 4.83. The summed E-state index contributed by atoms with van der Waals surface area (Å²) in [6.07, 6.45) is 1.54. The maximum atomic E-state index is 13.7. The van der Waals surface area contributed by atoms with E-state index in [-0.39, 0.29) is 23.0 Å². The number of fused-ring (bicyclic) bond motifs is 2. The van der Waals surface area contributed by atoms with Crippen LogP contribution in [0, 0.1) is 5.82 Å². The largest absolute Gasteiger partial charge is 0.493 e. The summed E-state index contributed by atoms with van der Waals surface area (Å²) in [5.74, 6) is 1.41. The normalized spacial score (nSPS) is 17.4. The molecule has 5 nitrogen and oxygen atoms in total. The lowest BCUT2D eigenvalue weighted by molar-refractivity contribution is -0.119. The molecule has 2 aromatic carbocycles. The number of hydrogen-bond acceptors (Lipinski definition) is 4.